The van der Waals surface area contributed by atoms with E-state index in [-0.39, 0.29) is 17.6 Å². The summed E-state index contributed by atoms with van der Waals surface area (Å²) in [7, 11) is 0. The molecule has 0 heterocycles. The third-order valence-electron chi connectivity index (χ3n) is 5.08. The molecule has 3 rings (SSSR count). The molecule has 1 amide bonds. The van der Waals surface area contributed by atoms with E-state index in [9.17, 15) is 14.9 Å². The molecule has 5 heteroatoms. The van der Waals surface area contributed by atoms with Gasteiger partial charge >= 0.3 is 0 Å². The topological polar surface area (TPSA) is 63.5 Å². The minimum atomic E-state index is -0.452. The summed E-state index contributed by atoms with van der Waals surface area (Å²) >= 11 is 0. The fourth-order valence-corrected chi connectivity index (χ4v) is 3.30. The zero-order valence-corrected chi connectivity index (χ0v) is 17.1. The SMILES string of the molecule is Cc1ccc(C(=O)N(C/C=C/c2ccccc2)C(C)c2ccccc2)cc1[N+](=O)[O-]. The highest BCUT2D eigenvalue weighted by Crippen LogP contribution is 2.25. The first-order chi connectivity index (χ1) is 14.5. The second-order valence-electron chi connectivity index (χ2n) is 7.12. The van der Waals surface area contributed by atoms with Gasteiger partial charge in [0.1, 0.15) is 0 Å². The van der Waals surface area contributed by atoms with Gasteiger partial charge in [0.2, 0.25) is 0 Å². The molecule has 152 valence electrons. The first-order valence-corrected chi connectivity index (χ1v) is 9.80. The highest BCUT2D eigenvalue weighted by atomic mass is 16.6. The summed E-state index contributed by atoms with van der Waals surface area (Å²) in [4.78, 5) is 26.0. The number of amides is 1. The van der Waals surface area contributed by atoms with Crippen LogP contribution < -0.4 is 0 Å². The third-order valence-corrected chi connectivity index (χ3v) is 5.08. The van der Waals surface area contributed by atoms with Crippen LogP contribution in [-0.2, 0) is 0 Å². The van der Waals surface area contributed by atoms with Gasteiger partial charge in [0, 0.05) is 23.7 Å². The summed E-state index contributed by atoms with van der Waals surface area (Å²) in [6.07, 6.45) is 3.91. The van der Waals surface area contributed by atoms with E-state index < -0.39 is 4.92 Å². The molecule has 0 N–H and O–H groups in total. The van der Waals surface area contributed by atoms with E-state index >= 15 is 0 Å². The maximum atomic E-state index is 13.4. The fraction of sp³-hybridized carbons (Fsp3) is 0.160. The van der Waals surface area contributed by atoms with Crippen LogP contribution >= 0.6 is 0 Å². The van der Waals surface area contributed by atoms with Gasteiger partial charge in [-0.25, -0.2) is 0 Å². The Morgan fingerprint density at radius 2 is 1.67 bits per heavy atom. The molecule has 0 aromatic heterocycles. The predicted molar refractivity (Wildman–Crippen MR) is 119 cm³/mol. The standard InChI is InChI=1S/C25H24N2O3/c1-19-15-16-23(18-24(19)27(29)30)25(28)26(20(2)22-13-7-4-8-14-22)17-9-12-21-10-5-3-6-11-21/h3-16,18,20H,17H2,1-2H3/b12-9+. The van der Waals surface area contributed by atoms with Gasteiger partial charge in [-0.3, -0.25) is 14.9 Å². The molecule has 0 saturated carbocycles. The van der Waals surface area contributed by atoms with E-state index in [1.54, 1.807) is 24.0 Å². The van der Waals surface area contributed by atoms with Crippen molar-refractivity contribution in [1.82, 2.24) is 4.90 Å². The molecule has 0 radical (unpaired) electrons. The van der Waals surface area contributed by atoms with Crippen LogP contribution in [0.3, 0.4) is 0 Å². The molecule has 3 aromatic carbocycles. The van der Waals surface area contributed by atoms with Crippen LogP contribution in [-0.4, -0.2) is 22.3 Å². The predicted octanol–water partition coefficient (Wildman–Crippen LogP) is 5.82. The van der Waals surface area contributed by atoms with E-state index in [0.717, 1.165) is 11.1 Å². The molecular formula is C25H24N2O3. The largest absolute Gasteiger partial charge is 0.328 e. The highest BCUT2D eigenvalue weighted by Gasteiger charge is 2.24. The van der Waals surface area contributed by atoms with Gasteiger partial charge in [0.05, 0.1) is 11.0 Å². The lowest BCUT2D eigenvalue weighted by Gasteiger charge is -2.29. The van der Waals surface area contributed by atoms with E-state index in [2.05, 4.69) is 0 Å². The molecule has 30 heavy (non-hydrogen) atoms. The Hall–Kier alpha value is -3.73. The Kier molecular flexibility index (Phi) is 6.75. The fourth-order valence-electron chi connectivity index (χ4n) is 3.30. The van der Waals surface area contributed by atoms with E-state index in [0.29, 0.717) is 17.7 Å². The quantitative estimate of drug-likeness (QED) is 0.371. The Morgan fingerprint density at radius 1 is 1.03 bits per heavy atom. The van der Waals surface area contributed by atoms with E-state index in [1.807, 2.05) is 79.7 Å². The summed E-state index contributed by atoms with van der Waals surface area (Å²) in [5, 5.41) is 11.3. The summed E-state index contributed by atoms with van der Waals surface area (Å²) in [5.41, 5.74) is 2.84. The molecule has 1 unspecified atom stereocenters. The normalized spacial score (nSPS) is 11.9. The lowest BCUT2D eigenvalue weighted by Crippen LogP contribution is -2.34. The van der Waals surface area contributed by atoms with Crippen molar-refractivity contribution >= 4 is 17.7 Å². The van der Waals surface area contributed by atoms with Crippen LogP contribution in [0, 0.1) is 17.0 Å². The van der Waals surface area contributed by atoms with Crippen molar-refractivity contribution in [3.8, 4) is 0 Å². The number of nitro benzene ring substituents is 1. The van der Waals surface area contributed by atoms with Crippen LogP contribution in [0.15, 0.2) is 84.9 Å². The molecule has 1 atom stereocenters. The third kappa shape index (κ3) is 5.00. The van der Waals surface area contributed by atoms with Gasteiger partial charge in [-0.1, -0.05) is 78.9 Å². The van der Waals surface area contributed by atoms with Crippen LogP contribution in [0.1, 0.15) is 40.0 Å². The minimum Gasteiger partial charge on any atom is -0.328 e. The molecule has 0 fully saturated rings. The smallest absolute Gasteiger partial charge is 0.273 e. The molecule has 0 spiro atoms. The Morgan fingerprint density at radius 3 is 2.30 bits per heavy atom. The first-order valence-electron chi connectivity index (χ1n) is 9.80. The second kappa shape index (κ2) is 9.65. The average Bonchev–Trinajstić information content (AvgIpc) is 2.77. The lowest BCUT2D eigenvalue weighted by molar-refractivity contribution is -0.385. The maximum Gasteiger partial charge on any atom is 0.273 e. The minimum absolute atomic E-state index is 0.0482. The van der Waals surface area contributed by atoms with Crippen molar-refractivity contribution in [2.75, 3.05) is 6.54 Å². The molecule has 3 aromatic rings. The van der Waals surface area contributed by atoms with Crippen molar-refractivity contribution in [2.45, 2.75) is 19.9 Å². The number of carbonyl (C=O) groups excluding carboxylic acids is 1. The monoisotopic (exact) mass is 400 g/mol. The summed E-state index contributed by atoms with van der Waals surface area (Å²) in [6.45, 7) is 4.01. The molecular weight excluding hydrogens is 376 g/mol. The van der Waals surface area contributed by atoms with Crippen LogP contribution in [0.5, 0.6) is 0 Å². The van der Waals surface area contributed by atoms with Crippen molar-refractivity contribution in [3.63, 3.8) is 0 Å². The average molecular weight is 400 g/mol. The van der Waals surface area contributed by atoms with E-state index in [4.69, 9.17) is 0 Å². The molecule has 5 nitrogen and oxygen atoms in total. The molecule has 0 aliphatic carbocycles. The Labute approximate surface area is 176 Å². The zero-order chi connectivity index (χ0) is 21.5. The maximum absolute atomic E-state index is 13.4. The number of nitrogens with zero attached hydrogens (tertiary/aromatic N) is 2. The van der Waals surface area contributed by atoms with Gasteiger partial charge in [-0.15, -0.1) is 0 Å². The number of rotatable bonds is 7. The van der Waals surface area contributed by atoms with Crippen molar-refractivity contribution < 1.29 is 9.72 Å². The second-order valence-corrected chi connectivity index (χ2v) is 7.12. The number of hydrogen-bond acceptors (Lipinski definition) is 3. The van der Waals surface area contributed by atoms with Crippen LogP contribution in [0.4, 0.5) is 5.69 Å². The Bertz CT molecular complexity index is 1050. The molecule has 0 saturated heterocycles. The number of benzene rings is 3. The van der Waals surface area contributed by atoms with Gasteiger partial charge in [-0.05, 0) is 31.0 Å². The number of nitro groups is 1. The van der Waals surface area contributed by atoms with Gasteiger partial charge in [0.25, 0.3) is 11.6 Å². The number of carbonyl (C=O) groups is 1. The molecule has 0 aliphatic rings. The van der Waals surface area contributed by atoms with Crippen LogP contribution in [0.2, 0.25) is 0 Å². The van der Waals surface area contributed by atoms with Crippen molar-refractivity contribution in [3.05, 3.63) is 117 Å². The number of aryl methyl sites for hydroxylation is 1. The zero-order valence-electron chi connectivity index (χ0n) is 17.1. The summed E-state index contributed by atoms with van der Waals surface area (Å²) < 4.78 is 0. The summed E-state index contributed by atoms with van der Waals surface area (Å²) in [5.74, 6) is -0.243. The van der Waals surface area contributed by atoms with Crippen LogP contribution in [0.25, 0.3) is 6.08 Å². The molecule has 0 aliphatic heterocycles. The van der Waals surface area contributed by atoms with Gasteiger partial charge in [-0.2, -0.15) is 0 Å². The van der Waals surface area contributed by atoms with Gasteiger partial charge in [0.15, 0.2) is 0 Å². The summed E-state index contributed by atoms with van der Waals surface area (Å²) in [6, 6.07) is 24.1. The number of hydrogen-bond donors (Lipinski definition) is 0. The van der Waals surface area contributed by atoms with Crippen molar-refractivity contribution in [1.29, 1.82) is 0 Å². The first kappa shape index (κ1) is 21.0. The highest BCUT2D eigenvalue weighted by molar-refractivity contribution is 5.95. The Balaban J connectivity index is 1.92. The van der Waals surface area contributed by atoms with Gasteiger partial charge < -0.3 is 4.90 Å². The molecule has 0 bridgehead atoms. The van der Waals surface area contributed by atoms with E-state index in [1.165, 1.54) is 6.07 Å². The lowest BCUT2D eigenvalue weighted by atomic mass is 10.0. The van der Waals surface area contributed by atoms with Crippen molar-refractivity contribution in [2.24, 2.45) is 0 Å².